The van der Waals surface area contributed by atoms with Crippen LogP contribution in [0.3, 0.4) is 0 Å². The minimum absolute atomic E-state index is 0.00491. The minimum atomic E-state index is -0.654. The summed E-state index contributed by atoms with van der Waals surface area (Å²) >= 11 is 0. The first-order chi connectivity index (χ1) is 11.3. The molecule has 0 spiro atoms. The van der Waals surface area contributed by atoms with Gasteiger partial charge in [-0.05, 0) is 16.7 Å². The standard InChI is InChI=1S/C20H22O3/c1-22-14-19(21)20-18(12-11-15-7-3-2-4-8-15)17-10-6-5-9-16(17)13-23-20/h2-12,18-21H,13-14H2,1H3. The fourth-order valence-corrected chi connectivity index (χ4v) is 3.07. The van der Waals surface area contributed by atoms with E-state index in [-0.39, 0.29) is 18.6 Å². The first-order valence-corrected chi connectivity index (χ1v) is 7.89. The molecule has 1 N–H and O–H groups in total. The van der Waals surface area contributed by atoms with Gasteiger partial charge in [0.2, 0.25) is 0 Å². The van der Waals surface area contributed by atoms with Gasteiger partial charge in [0.05, 0.1) is 19.3 Å². The first kappa shape index (κ1) is 15.9. The molecule has 3 unspecified atom stereocenters. The molecule has 3 rings (SSSR count). The summed E-state index contributed by atoms with van der Waals surface area (Å²) in [7, 11) is 1.59. The molecule has 0 saturated carbocycles. The third-order valence-corrected chi connectivity index (χ3v) is 4.21. The zero-order chi connectivity index (χ0) is 16.1. The highest BCUT2D eigenvalue weighted by Crippen LogP contribution is 2.34. The highest BCUT2D eigenvalue weighted by atomic mass is 16.5. The highest BCUT2D eigenvalue weighted by molar-refractivity contribution is 5.52. The predicted molar refractivity (Wildman–Crippen MR) is 91.1 cm³/mol. The smallest absolute Gasteiger partial charge is 0.104 e. The molecule has 0 aliphatic carbocycles. The molecule has 0 saturated heterocycles. The number of aliphatic hydroxyl groups is 1. The van der Waals surface area contributed by atoms with Gasteiger partial charge in [0, 0.05) is 13.0 Å². The quantitative estimate of drug-likeness (QED) is 0.920. The van der Waals surface area contributed by atoms with E-state index in [2.05, 4.69) is 36.4 Å². The molecule has 2 aromatic carbocycles. The summed E-state index contributed by atoms with van der Waals surface area (Å²) < 4.78 is 11.0. The number of aliphatic hydroxyl groups excluding tert-OH is 1. The van der Waals surface area contributed by atoms with E-state index in [0.29, 0.717) is 6.61 Å². The van der Waals surface area contributed by atoms with Gasteiger partial charge in [0.25, 0.3) is 0 Å². The first-order valence-electron chi connectivity index (χ1n) is 7.89. The second kappa shape index (κ2) is 7.55. The predicted octanol–water partition coefficient (Wildman–Crippen LogP) is 3.39. The molecule has 120 valence electrons. The number of hydrogen-bond donors (Lipinski definition) is 1. The van der Waals surface area contributed by atoms with Crippen LogP contribution < -0.4 is 0 Å². The van der Waals surface area contributed by atoms with Crippen molar-refractivity contribution in [3.8, 4) is 0 Å². The van der Waals surface area contributed by atoms with Gasteiger partial charge in [-0.15, -0.1) is 0 Å². The van der Waals surface area contributed by atoms with E-state index in [0.717, 1.165) is 5.56 Å². The van der Waals surface area contributed by atoms with Gasteiger partial charge >= 0.3 is 0 Å². The fourth-order valence-electron chi connectivity index (χ4n) is 3.07. The number of benzene rings is 2. The largest absolute Gasteiger partial charge is 0.388 e. The van der Waals surface area contributed by atoms with Gasteiger partial charge in [-0.3, -0.25) is 0 Å². The third-order valence-electron chi connectivity index (χ3n) is 4.21. The SMILES string of the molecule is COCC(O)C1OCc2ccccc2C1C=Cc1ccccc1. The Balaban J connectivity index is 1.91. The summed E-state index contributed by atoms with van der Waals surface area (Å²) in [6.45, 7) is 0.791. The van der Waals surface area contributed by atoms with Crippen LogP contribution in [0.4, 0.5) is 0 Å². The molecular weight excluding hydrogens is 288 g/mol. The van der Waals surface area contributed by atoms with Crippen LogP contribution in [0.2, 0.25) is 0 Å². The van der Waals surface area contributed by atoms with Crippen molar-refractivity contribution < 1.29 is 14.6 Å². The summed E-state index contributed by atoms with van der Waals surface area (Å²) in [4.78, 5) is 0. The number of fused-ring (bicyclic) bond motifs is 1. The topological polar surface area (TPSA) is 38.7 Å². The zero-order valence-electron chi connectivity index (χ0n) is 13.3. The summed E-state index contributed by atoms with van der Waals surface area (Å²) in [6.07, 6.45) is 3.25. The Bertz CT molecular complexity index is 651. The molecule has 3 nitrogen and oxygen atoms in total. The van der Waals surface area contributed by atoms with Gasteiger partial charge < -0.3 is 14.6 Å². The van der Waals surface area contributed by atoms with E-state index in [4.69, 9.17) is 9.47 Å². The van der Waals surface area contributed by atoms with Crippen LogP contribution in [-0.2, 0) is 16.1 Å². The van der Waals surface area contributed by atoms with Crippen LogP contribution in [0.5, 0.6) is 0 Å². The van der Waals surface area contributed by atoms with Gasteiger partial charge in [-0.2, -0.15) is 0 Å². The molecule has 0 amide bonds. The van der Waals surface area contributed by atoms with E-state index >= 15 is 0 Å². The van der Waals surface area contributed by atoms with E-state index in [1.807, 2.05) is 30.3 Å². The third kappa shape index (κ3) is 3.70. The van der Waals surface area contributed by atoms with Crippen LogP contribution in [-0.4, -0.2) is 31.0 Å². The molecule has 1 heterocycles. The molecule has 3 atom stereocenters. The molecular formula is C20H22O3. The Kier molecular flexibility index (Phi) is 5.23. The van der Waals surface area contributed by atoms with Crippen molar-refractivity contribution in [2.75, 3.05) is 13.7 Å². The molecule has 0 fully saturated rings. The van der Waals surface area contributed by atoms with Gasteiger partial charge in [0.1, 0.15) is 6.10 Å². The van der Waals surface area contributed by atoms with Gasteiger partial charge in [-0.1, -0.05) is 66.7 Å². The molecule has 1 aliphatic rings. The second-order valence-electron chi connectivity index (χ2n) is 5.79. The Morgan fingerprint density at radius 3 is 2.70 bits per heavy atom. The summed E-state index contributed by atoms with van der Waals surface area (Å²) in [6, 6.07) is 18.4. The lowest BCUT2D eigenvalue weighted by Crippen LogP contribution is -2.39. The monoisotopic (exact) mass is 310 g/mol. The van der Waals surface area contributed by atoms with Gasteiger partial charge in [-0.25, -0.2) is 0 Å². The van der Waals surface area contributed by atoms with E-state index < -0.39 is 6.10 Å². The van der Waals surface area contributed by atoms with Crippen molar-refractivity contribution in [1.29, 1.82) is 0 Å². The Hall–Kier alpha value is -1.94. The molecule has 3 heteroatoms. The number of hydrogen-bond acceptors (Lipinski definition) is 3. The van der Waals surface area contributed by atoms with Crippen molar-refractivity contribution in [2.45, 2.75) is 24.7 Å². The highest BCUT2D eigenvalue weighted by Gasteiger charge is 2.33. The maximum absolute atomic E-state index is 10.4. The van der Waals surface area contributed by atoms with Crippen LogP contribution >= 0.6 is 0 Å². The van der Waals surface area contributed by atoms with Crippen molar-refractivity contribution >= 4 is 6.08 Å². The average Bonchev–Trinajstić information content (AvgIpc) is 2.60. The molecule has 23 heavy (non-hydrogen) atoms. The lowest BCUT2D eigenvalue weighted by Gasteiger charge is -2.34. The van der Waals surface area contributed by atoms with E-state index in [9.17, 15) is 5.11 Å². The maximum atomic E-state index is 10.4. The Morgan fingerprint density at radius 1 is 1.17 bits per heavy atom. The van der Waals surface area contributed by atoms with E-state index in [1.54, 1.807) is 7.11 Å². The summed E-state index contributed by atoms with van der Waals surface area (Å²) in [5.41, 5.74) is 3.53. The summed E-state index contributed by atoms with van der Waals surface area (Å²) in [5.74, 6) is 0.00491. The zero-order valence-corrected chi connectivity index (χ0v) is 13.3. The summed E-state index contributed by atoms with van der Waals surface area (Å²) in [5, 5.41) is 10.4. The van der Waals surface area contributed by atoms with Crippen LogP contribution in [0.25, 0.3) is 6.08 Å². The van der Waals surface area contributed by atoms with Gasteiger partial charge in [0.15, 0.2) is 0 Å². The van der Waals surface area contributed by atoms with E-state index in [1.165, 1.54) is 11.1 Å². The Morgan fingerprint density at radius 2 is 1.91 bits per heavy atom. The minimum Gasteiger partial charge on any atom is -0.388 e. The molecule has 2 aromatic rings. The average molecular weight is 310 g/mol. The normalized spacial score (nSPS) is 22.0. The second-order valence-corrected chi connectivity index (χ2v) is 5.79. The van der Waals surface area contributed by atoms with Crippen molar-refractivity contribution in [1.82, 2.24) is 0 Å². The lowest BCUT2D eigenvalue weighted by atomic mass is 9.84. The Labute approximate surface area is 137 Å². The van der Waals surface area contributed by atoms with Crippen LogP contribution in [0.15, 0.2) is 60.7 Å². The molecule has 0 bridgehead atoms. The van der Waals surface area contributed by atoms with Crippen LogP contribution in [0, 0.1) is 0 Å². The fraction of sp³-hybridized carbons (Fsp3) is 0.300. The maximum Gasteiger partial charge on any atom is 0.104 e. The number of rotatable bonds is 5. The molecule has 0 aromatic heterocycles. The van der Waals surface area contributed by atoms with Crippen molar-refractivity contribution in [3.63, 3.8) is 0 Å². The lowest BCUT2D eigenvalue weighted by molar-refractivity contribution is -0.0844. The van der Waals surface area contributed by atoms with Crippen molar-refractivity contribution in [2.24, 2.45) is 0 Å². The van der Waals surface area contributed by atoms with Crippen molar-refractivity contribution in [3.05, 3.63) is 77.4 Å². The van der Waals surface area contributed by atoms with Crippen LogP contribution in [0.1, 0.15) is 22.6 Å². The number of ether oxygens (including phenoxy) is 2. The molecule has 1 aliphatic heterocycles. The number of methoxy groups -OCH3 is 1. The molecule has 0 radical (unpaired) electrons.